The number of thiocarbonyl (C=S) groups is 1. The lowest BCUT2D eigenvalue weighted by atomic mass is 10.2. The summed E-state index contributed by atoms with van der Waals surface area (Å²) < 4.78 is 6.21. The van der Waals surface area contributed by atoms with E-state index in [4.69, 9.17) is 17.0 Å². The first-order valence-corrected chi connectivity index (χ1v) is 7.51. The third-order valence-electron chi connectivity index (χ3n) is 2.80. The van der Waals surface area contributed by atoms with Gasteiger partial charge in [0.15, 0.2) is 0 Å². The molecular weight excluding hydrogens is 302 g/mol. The first-order valence-electron chi connectivity index (χ1n) is 6.28. The van der Waals surface area contributed by atoms with Crippen molar-refractivity contribution in [3.63, 3.8) is 0 Å². The number of benzene rings is 2. The van der Waals surface area contributed by atoms with Gasteiger partial charge in [-0.1, -0.05) is 54.3 Å². The van der Waals surface area contributed by atoms with Crippen molar-refractivity contribution in [3.05, 3.63) is 65.1 Å². The summed E-state index contributed by atoms with van der Waals surface area (Å²) >= 11 is 6.23. The highest BCUT2D eigenvalue weighted by atomic mass is 32.2. The molecule has 1 heterocycles. The third-order valence-corrected chi connectivity index (χ3v) is 3.96. The Hall–Kier alpha value is -2.11. The Morgan fingerprint density at radius 1 is 1.00 bits per heavy atom. The number of ether oxygens (including phenoxy) is 1. The number of amides is 1. The number of hydrogen-bond acceptors (Lipinski definition) is 4. The minimum absolute atomic E-state index is 0.144. The summed E-state index contributed by atoms with van der Waals surface area (Å²) in [5.74, 6) is 1.40. The van der Waals surface area contributed by atoms with Crippen LogP contribution in [0.2, 0.25) is 0 Å². The summed E-state index contributed by atoms with van der Waals surface area (Å²) in [6.07, 6.45) is 1.81. The Morgan fingerprint density at radius 3 is 2.29 bits per heavy atom. The summed E-state index contributed by atoms with van der Waals surface area (Å²) in [6, 6.07) is 17.1. The predicted octanol–water partition coefficient (Wildman–Crippen LogP) is 3.97. The van der Waals surface area contributed by atoms with Crippen molar-refractivity contribution in [2.24, 2.45) is 0 Å². The second-order valence-electron chi connectivity index (χ2n) is 4.34. The quantitative estimate of drug-likeness (QED) is 0.687. The van der Waals surface area contributed by atoms with E-state index in [1.807, 2.05) is 60.7 Å². The Kier molecular flexibility index (Phi) is 4.03. The number of carbonyl (C=O) groups is 1. The highest BCUT2D eigenvalue weighted by molar-refractivity contribution is 8.26. The van der Waals surface area contributed by atoms with Crippen molar-refractivity contribution in [2.45, 2.75) is 0 Å². The second-order valence-corrected chi connectivity index (χ2v) is 6.06. The zero-order chi connectivity index (χ0) is 14.7. The summed E-state index contributed by atoms with van der Waals surface area (Å²) in [6.45, 7) is 0. The average Bonchev–Trinajstić information content (AvgIpc) is 2.80. The van der Waals surface area contributed by atoms with Gasteiger partial charge in [0.05, 0.1) is 4.91 Å². The smallest absolute Gasteiger partial charge is 0.263 e. The number of carbonyl (C=O) groups excluding carboxylic acids is 1. The Balaban J connectivity index is 1.74. The van der Waals surface area contributed by atoms with Crippen LogP contribution in [0.15, 0.2) is 59.5 Å². The number of nitrogens with one attached hydrogen (secondary N) is 1. The lowest BCUT2D eigenvalue weighted by Gasteiger charge is -2.05. The van der Waals surface area contributed by atoms with E-state index < -0.39 is 0 Å². The van der Waals surface area contributed by atoms with Crippen LogP contribution in [-0.4, -0.2) is 10.2 Å². The summed E-state index contributed by atoms with van der Waals surface area (Å²) in [7, 11) is 0. The van der Waals surface area contributed by atoms with Gasteiger partial charge in [0.2, 0.25) is 0 Å². The van der Waals surface area contributed by atoms with Crippen molar-refractivity contribution >= 4 is 40.3 Å². The lowest BCUT2D eigenvalue weighted by molar-refractivity contribution is -0.115. The molecule has 0 unspecified atom stereocenters. The molecule has 0 saturated carbocycles. The largest absolute Gasteiger partial charge is 0.457 e. The number of hydrogen-bond donors (Lipinski definition) is 1. The van der Waals surface area contributed by atoms with Gasteiger partial charge in [-0.3, -0.25) is 4.79 Å². The fourth-order valence-corrected chi connectivity index (χ4v) is 2.87. The molecule has 104 valence electrons. The molecule has 2 aromatic carbocycles. The molecule has 1 fully saturated rings. The molecule has 0 radical (unpaired) electrons. The van der Waals surface area contributed by atoms with Crippen molar-refractivity contribution in [2.75, 3.05) is 0 Å². The maximum atomic E-state index is 11.6. The van der Waals surface area contributed by atoms with E-state index in [0.29, 0.717) is 9.23 Å². The second kappa shape index (κ2) is 6.11. The Labute approximate surface area is 132 Å². The molecule has 0 aromatic heterocycles. The van der Waals surface area contributed by atoms with Gasteiger partial charge in [-0.25, -0.2) is 0 Å². The molecule has 0 bridgehead atoms. The molecule has 21 heavy (non-hydrogen) atoms. The van der Waals surface area contributed by atoms with Crippen LogP contribution in [0.4, 0.5) is 0 Å². The molecule has 1 aliphatic heterocycles. The van der Waals surface area contributed by atoms with E-state index in [1.165, 1.54) is 11.8 Å². The van der Waals surface area contributed by atoms with Gasteiger partial charge in [0.1, 0.15) is 15.8 Å². The van der Waals surface area contributed by atoms with Crippen LogP contribution in [0.5, 0.6) is 11.5 Å². The normalized spacial score (nSPS) is 16.1. The summed E-state index contributed by atoms with van der Waals surface area (Å²) in [5, 5.41) is 2.59. The highest BCUT2D eigenvalue weighted by Crippen LogP contribution is 2.27. The van der Waals surface area contributed by atoms with Crippen LogP contribution >= 0.6 is 24.0 Å². The molecule has 3 nitrogen and oxygen atoms in total. The molecule has 0 spiro atoms. The zero-order valence-corrected chi connectivity index (χ0v) is 12.5. The lowest BCUT2D eigenvalue weighted by Crippen LogP contribution is -2.17. The van der Waals surface area contributed by atoms with E-state index in [-0.39, 0.29) is 5.91 Å². The number of thioether (sulfide) groups is 1. The topological polar surface area (TPSA) is 38.3 Å². The van der Waals surface area contributed by atoms with Gasteiger partial charge < -0.3 is 10.1 Å². The molecule has 2 aromatic rings. The third kappa shape index (κ3) is 3.51. The van der Waals surface area contributed by atoms with Gasteiger partial charge in [0.25, 0.3) is 5.91 Å². The highest BCUT2D eigenvalue weighted by Gasteiger charge is 2.21. The van der Waals surface area contributed by atoms with Crippen molar-refractivity contribution < 1.29 is 9.53 Å². The van der Waals surface area contributed by atoms with Crippen molar-refractivity contribution in [3.8, 4) is 11.5 Å². The van der Waals surface area contributed by atoms with Gasteiger partial charge in [-0.2, -0.15) is 0 Å². The Bertz CT molecular complexity index is 709. The molecule has 3 rings (SSSR count). The molecule has 1 amide bonds. The van der Waals surface area contributed by atoms with Gasteiger partial charge >= 0.3 is 0 Å². The maximum absolute atomic E-state index is 11.6. The molecule has 1 N–H and O–H groups in total. The van der Waals surface area contributed by atoms with E-state index in [1.54, 1.807) is 0 Å². The van der Waals surface area contributed by atoms with Crippen LogP contribution in [-0.2, 0) is 4.79 Å². The first kappa shape index (κ1) is 13.9. The fourth-order valence-electron chi connectivity index (χ4n) is 1.83. The number of para-hydroxylation sites is 1. The van der Waals surface area contributed by atoms with Crippen LogP contribution < -0.4 is 10.1 Å². The monoisotopic (exact) mass is 313 g/mol. The van der Waals surface area contributed by atoms with Crippen molar-refractivity contribution in [1.82, 2.24) is 5.32 Å². The van der Waals surface area contributed by atoms with Crippen LogP contribution in [0.3, 0.4) is 0 Å². The van der Waals surface area contributed by atoms with E-state index >= 15 is 0 Å². The Morgan fingerprint density at radius 2 is 1.67 bits per heavy atom. The molecule has 1 saturated heterocycles. The van der Waals surface area contributed by atoms with E-state index in [9.17, 15) is 4.79 Å². The minimum atomic E-state index is -0.144. The van der Waals surface area contributed by atoms with Crippen LogP contribution in [0.1, 0.15) is 5.56 Å². The molecular formula is C16H11NO2S2. The van der Waals surface area contributed by atoms with E-state index in [0.717, 1.165) is 17.1 Å². The minimum Gasteiger partial charge on any atom is -0.457 e. The van der Waals surface area contributed by atoms with E-state index in [2.05, 4.69) is 5.32 Å². The fraction of sp³-hybridized carbons (Fsp3) is 0. The van der Waals surface area contributed by atoms with Gasteiger partial charge in [0, 0.05) is 0 Å². The van der Waals surface area contributed by atoms with Gasteiger partial charge in [-0.05, 0) is 35.9 Å². The molecule has 1 aliphatic rings. The standard InChI is InChI=1S/C16H11NO2S2/c18-15-14(21-16(20)17-15)10-11-6-8-13(9-7-11)19-12-4-2-1-3-5-12/h1-10H,(H,17,18,20)/b14-10-. The summed E-state index contributed by atoms with van der Waals surface area (Å²) in [4.78, 5) is 12.2. The SMILES string of the molecule is O=C1NC(=S)S/C1=C\c1ccc(Oc2ccccc2)cc1. The molecule has 0 aliphatic carbocycles. The average molecular weight is 313 g/mol. The summed E-state index contributed by atoms with van der Waals surface area (Å²) in [5.41, 5.74) is 0.928. The predicted molar refractivity (Wildman–Crippen MR) is 89.3 cm³/mol. The first-order chi connectivity index (χ1) is 10.2. The maximum Gasteiger partial charge on any atom is 0.263 e. The molecule has 0 atom stereocenters. The molecule has 5 heteroatoms. The van der Waals surface area contributed by atoms with Crippen LogP contribution in [0, 0.1) is 0 Å². The van der Waals surface area contributed by atoms with Crippen molar-refractivity contribution in [1.29, 1.82) is 0 Å². The van der Waals surface area contributed by atoms with Gasteiger partial charge in [-0.15, -0.1) is 0 Å². The number of rotatable bonds is 3. The van der Waals surface area contributed by atoms with Crippen LogP contribution in [0.25, 0.3) is 6.08 Å². The zero-order valence-electron chi connectivity index (χ0n) is 10.9.